The summed E-state index contributed by atoms with van der Waals surface area (Å²) in [5.41, 5.74) is -0.0906. The topological polar surface area (TPSA) is 81.8 Å². The number of fused-ring (bicyclic) bond motifs is 1. The van der Waals surface area contributed by atoms with E-state index in [1.54, 1.807) is 17.8 Å². The van der Waals surface area contributed by atoms with E-state index in [1.807, 2.05) is 34.6 Å². The third-order valence-corrected chi connectivity index (χ3v) is 5.30. The number of amides is 1. The van der Waals surface area contributed by atoms with E-state index >= 15 is 0 Å². The lowest BCUT2D eigenvalue weighted by Crippen LogP contribution is -2.37. The number of nitrogens with zero attached hydrogens (tertiary/aromatic N) is 4. The molecule has 10 heteroatoms. The van der Waals surface area contributed by atoms with Crippen LogP contribution < -0.4 is 10.9 Å². The summed E-state index contributed by atoms with van der Waals surface area (Å²) >= 11 is 0. The fraction of sp³-hybridized carbons (Fsp3) is 0.478. The van der Waals surface area contributed by atoms with Crippen molar-refractivity contribution in [3.8, 4) is 0 Å². The highest BCUT2D eigenvalue weighted by Crippen LogP contribution is 2.30. The van der Waals surface area contributed by atoms with Crippen LogP contribution in [-0.2, 0) is 23.1 Å². The normalized spacial score (nSPS) is 13.5. The lowest BCUT2D eigenvalue weighted by atomic mass is 10.1. The number of carbonyl (C=O) groups is 1. The quantitative estimate of drug-likeness (QED) is 0.609. The highest BCUT2D eigenvalue weighted by molar-refractivity contribution is 5.81. The molecule has 0 aliphatic carbocycles. The summed E-state index contributed by atoms with van der Waals surface area (Å²) in [5.74, 6) is -0.487. The number of rotatable bonds is 5. The maximum absolute atomic E-state index is 13.2. The standard InChI is InChI=1S/C23H28F3N5O2/c1-13(2)19-17-11-27-31(22(4,5)6)20(17)21(33)30(29-19)12-18(32)28-14(3)15-7-9-16(10-8-15)23(24,25)26/h7-11,13-14H,12H2,1-6H3,(H,28,32). The van der Waals surface area contributed by atoms with Crippen LogP contribution in [-0.4, -0.2) is 25.5 Å². The highest BCUT2D eigenvalue weighted by Gasteiger charge is 2.30. The number of nitrogens with one attached hydrogen (secondary N) is 1. The van der Waals surface area contributed by atoms with Gasteiger partial charge in [0.25, 0.3) is 5.56 Å². The molecule has 2 aromatic heterocycles. The second kappa shape index (κ2) is 8.64. The van der Waals surface area contributed by atoms with Crippen LogP contribution in [0.5, 0.6) is 0 Å². The van der Waals surface area contributed by atoms with Crippen molar-refractivity contribution < 1.29 is 18.0 Å². The number of hydrogen-bond acceptors (Lipinski definition) is 4. The van der Waals surface area contributed by atoms with Crippen LogP contribution in [0, 0.1) is 0 Å². The van der Waals surface area contributed by atoms with Crippen LogP contribution in [0.25, 0.3) is 10.9 Å². The van der Waals surface area contributed by atoms with E-state index in [0.717, 1.165) is 16.8 Å². The first kappa shape index (κ1) is 24.5. The molecular formula is C23H28F3N5O2. The number of alkyl halides is 3. The minimum atomic E-state index is -4.43. The highest BCUT2D eigenvalue weighted by atomic mass is 19.4. The van der Waals surface area contributed by atoms with Crippen molar-refractivity contribution in [2.45, 2.75) is 71.8 Å². The van der Waals surface area contributed by atoms with Crippen molar-refractivity contribution in [1.82, 2.24) is 24.9 Å². The fourth-order valence-corrected chi connectivity index (χ4v) is 3.60. The molecule has 2 heterocycles. The molecule has 1 amide bonds. The van der Waals surface area contributed by atoms with Crippen molar-refractivity contribution >= 4 is 16.8 Å². The first-order chi connectivity index (χ1) is 15.2. The van der Waals surface area contributed by atoms with Gasteiger partial charge in [-0.3, -0.25) is 14.3 Å². The molecule has 0 aliphatic heterocycles. The zero-order valence-electron chi connectivity index (χ0n) is 19.5. The maximum atomic E-state index is 13.2. The summed E-state index contributed by atoms with van der Waals surface area (Å²) in [4.78, 5) is 25.9. The first-order valence-electron chi connectivity index (χ1n) is 10.7. The van der Waals surface area contributed by atoms with Crippen molar-refractivity contribution in [3.05, 3.63) is 57.6 Å². The van der Waals surface area contributed by atoms with Crippen molar-refractivity contribution in [2.24, 2.45) is 0 Å². The Morgan fingerprint density at radius 2 is 1.70 bits per heavy atom. The summed E-state index contributed by atoms with van der Waals surface area (Å²) in [6.45, 7) is 11.0. The van der Waals surface area contributed by atoms with Crippen molar-refractivity contribution in [2.75, 3.05) is 0 Å². The molecule has 3 aromatic rings. The van der Waals surface area contributed by atoms with E-state index in [9.17, 15) is 22.8 Å². The van der Waals surface area contributed by atoms with E-state index in [2.05, 4.69) is 15.5 Å². The molecule has 3 rings (SSSR count). The Balaban J connectivity index is 1.89. The van der Waals surface area contributed by atoms with Gasteiger partial charge in [-0.05, 0) is 51.3 Å². The molecule has 0 bridgehead atoms. The van der Waals surface area contributed by atoms with Gasteiger partial charge in [-0.25, -0.2) is 4.68 Å². The molecule has 0 saturated carbocycles. The van der Waals surface area contributed by atoms with Gasteiger partial charge in [0.1, 0.15) is 12.1 Å². The van der Waals surface area contributed by atoms with Crippen LogP contribution in [0.4, 0.5) is 13.2 Å². The minimum absolute atomic E-state index is 0.00824. The minimum Gasteiger partial charge on any atom is -0.348 e. The van der Waals surface area contributed by atoms with E-state index in [-0.39, 0.29) is 12.5 Å². The van der Waals surface area contributed by atoms with Crippen LogP contribution in [0.2, 0.25) is 0 Å². The van der Waals surface area contributed by atoms with Gasteiger partial charge in [-0.1, -0.05) is 26.0 Å². The van der Waals surface area contributed by atoms with Gasteiger partial charge >= 0.3 is 6.18 Å². The lowest BCUT2D eigenvalue weighted by Gasteiger charge is -2.21. The van der Waals surface area contributed by atoms with Gasteiger partial charge in [0.15, 0.2) is 0 Å². The van der Waals surface area contributed by atoms with Gasteiger partial charge in [0.05, 0.1) is 29.0 Å². The Labute approximate surface area is 189 Å². The van der Waals surface area contributed by atoms with Gasteiger partial charge in [-0.15, -0.1) is 0 Å². The molecule has 0 saturated heterocycles. The van der Waals surface area contributed by atoms with Crippen LogP contribution >= 0.6 is 0 Å². The lowest BCUT2D eigenvalue weighted by molar-refractivity contribution is -0.137. The number of benzene rings is 1. The smallest absolute Gasteiger partial charge is 0.348 e. The number of carbonyl (C=O) groups excluding carboxylic acids is 1. The van der Waals surface area contributed by atoms with Crippen LogP contribution in [0.3, 0.4) is 0 Å². The van der Waals surface area contributed by atoms with Gasteiger partial charge in [0.2, 0.25) is 5.91 Å². The third-order valence-electron chi connectivity index (χ3n) is 5.30. The Morgan fingerprint density at radius 3 is 2.21 bits per heavy atom. The third kappa shape index (κ3) is 5.09. The molecule has 33 heavy (non-hydrogen) atoms. The van der Waals surface area contributed by atoms with Crippen molar-refractivity contribution in [3.63, 3.8) is 0 Å². The average molecular weight is 464 g/mol. The molecule has 0 spiro atoms. The first-order valence-corrected chi connectivity index (χ1v) is 10.7. The fourth-order valence-electron chi connectivity index (χ4n) is 3.60. The summed E-state index contributed by atoms with van der Waals surface area (Å²) in [5, 5.41) is 12.2. The second-order valence-corrected chi connectivity index (χ2v) is 9.40. The second-order valence-electron chi connectivity index (χ2n) is 9.40. The van der Waals surface area contributed by atoms with Gasteiger partial charge in [-0.2, -0.15) is 23.4 Å². The molecule has 178 valence electrons. The molecule has 1 aromatic carbocycles. The largest absolute Gasteiger partial charge is 0.416 e. The Morgan fingerprint density at radius 1 is 1.09 bits per heavy atom. The Bertz CT molecular complexity index is 1220. The number of aromatic nitrogens is 4. The molecule has 1 unspecified atom stereocenters. The Kier molecular flexibility index (Phi) is 6.41. The number of halogens is 3. The monoisotopic (exact) mass is 463 g/mol. The maximum Gasteiger partial charge on any atom is 0.416 e. The predicted octanol–water partition coefficient (Wildman–Crippen LogP) is 4.37. The molecular weight excluding hydrogens is 435 g/mol. The zero-order valence-corrected chi connectivity index (χ0v) is 19.5. The molecule has 1 N–H and O–H groups in total. The average Bonchev–Trinajstić information content (AvgIpc) is 3.15. The van der Waals surface area contributed by atoms with Gasteiger partial charge in [0, 0.05) is 5.39 Å². The van der Waals surface area contributed by atoms with E-state index in [1.165, 1.54) is 12.1 Å². The molecule has 0 fully saturated rings. The molecule has 7 nitrogen and oxygen atoms in total. The van der Waals surface area contributed by atoms with E-state index in [4.69, 9.17) is 0 Å². The Hall–Kier alpha value is -3.17. The molecule has 0 aliphatic rings. The summed E-state index contributed by atoms with van der Waals surface area (Å²) in [7, 11) is 0. The van der Waals surface area contributed by atoms with E-state index < -0.39 is 34.8 Å². The predicted molar refractivity (Wildman–Crippen MR) is 119 cm³/mol. The van der Waals surface area contributed by atoms with Crippen molar-refractivity contribution in [1.29, 1.82) is 0 Å². The molecule has 0 radical (unpaired) electrons. The van der Waals surface area contributed by atoms with E-state index in [0.29, 0.717) is 22.2 Å². The summed E-state index contributed by atoms with van der Waals surface area (Å²) < 4.78 is 41.1. The number of hydrogen-bond donors (Lipinski definition) is 1. The summed E-state index contributed by atoms with van der Waals surface area (Å²) in [6.07, 6.45) is -2.80. The SMILES string of the molecule is CC(C)c1nn(CC(=O)NC(C)c2ccc(C(F)(F)F)cc2)c(=O)c2c1cnn2C(C)(C)C. The van der Waals surface area contributed by atoms with Crippen LogP contribution in [0.15, 0.2) is 35.3 Å². The zero-order chi connectivity index (χ0) is 24.7. The van der Waals surface area contributed by atoms with Gasteiger partial charge < -0.3 is 5.32 Å². The van der Waals surface area contributed by atoms with Crippen LogP contribution in [0.1, 0.15) is 70.3 Å². The molecule has 1 atom stereocenters. The summed E-state index contributed by atoms with van der Waals surface area (Å²) in [6, 6.07) is 4.04.